The average molecular weight is 236 g/mol. The van der Waals surface area contributed by atoms with Crippen molar-refractivity contribution in [3.05, 3.63) is 51.9 Å². The summed E-state index contributed by atoms with van der Waals surface area (Å²) in [5, 5.41) is 0.607. The Morgan fingerprint density at radius 3 is 2.75 bits per heavy atom. The molecule has 1 aromatic carbocycles. The van der Waals surface area contributed by atoms with E-state index < -0.39 is 0 Å². The lowest BCUT2D eigenvalue weighted by Gasteiger charge is -2.08. The highest BCUT2D eigenvalue weighted by Crippen LogP contribution is 2.31. The van der Waals surface area contributed by atoms with Crippen molar-refractivity contribution < 1.29 is 4.74 Å². The molecule has 0 aliphatic rings. The van der Waals surface area contributed by atoms with E-state index in [2.05, 4.69) is 4.98 Å². The third-order valence-corrected chi connectivity index (χ3v) is 2.48. The highest BCUT2D eigenvalue weighted by atomic mass is 35.5. The van der Waals surface area contributed by atoms with Crippen LogP contribution in [0.2, 0.25) is 5.02 Å². The number of H-pyrrole nitrogens is 1. The number of methoxy groups -OCH3 is 1. The van der Waals surface area contributed by atoms with Gasteiger partial charge in [0.05, 0.1) is 7.11 Å². The summed E-state index contributed by atoms with van der Waals surface area (Å²) in [5.41, 5.74) is 1.43. The minimum atomic E-state index is -0.153. The minimum Gasteiger partial charge on any atom is -0.496 e. The number of hydrogen-bond acceptors (Lipinski definition) is 2. The number of aromatic nitrogens is 1. The average Bonchev–Trinajstić information content (AvgIpc) is 2.29. The first kappa shape index (κ1) is 10.8. The van der Waals surface area contributed by atoms with Crippen LogP contribution in [0, 0.1) is 0 Å². The lowest BCUT2D eigenvalue weighted by atomic mass is 10.1. The van der Waals surface area contributed by atoms with E-state index >= 15 is 0 Å². The van der Waals surface area contributed by atoms with Crippen LogP contribution in [-0.4, -0.2) is 12.1 Å². The first-order valence-electron chi connectivity index (χ1n) is 4.73. The number of rotatable bonds is 2. The summed E-state index contributed by atoms with van der Waals surface area (Å²) in [7, 11) is 1.58. The standard InChI is InChI=1S/C12H10ClNO2/c1-16-11-3-2-9(13)7-10(11)8-4-5-14-12(15)6-8/h2-7H,1H3,(H,14,15). The molecule has 0 aliphatic carbocycles. The second kappa shape index (κ2) is 4.41. The zero-order chi connectivity index (χ0) is 11.5. The number of pyridine rings is 1. The number of aromatic amines is 1. The van der Waals surface area contributed by atoms with Crippen molar-refractivity contribution in [1.82, 2.24) is 4.98 Å². The Bertz CT molecular complexity index is 563. The second-order valence-electron chi connectivity index (χ2n) is 3.29. The number of benzene rings is 1. The van der Waals surface area contributed by atoms with Gasteiger partial charge >= 0.3 is 0 Å². The van der Waals surface area contributed by atoms with Crippen LogP contribution >= 0.6 is 11.6 Å². The summed E-state index contributed by atoms with van der Waals surface area (Å²) in [6.45, 7) is 0. The van der Waals surface area contributed by atoms with E-state index in [-0.39, 0.29) is 5.56 Å². The van der Waals surface area contributed by atoms with Gasteiger partial charge in [0, 0.05) is 22.8 Å². The minimum absolute atomic E-state index is 0.153. The largest absolute Gasteiger partial charge is 0.496 e. The lowest BCUT2D eigenvalue weighted by Crippen LogP contribution is -2.02. The van der Waals surface area contributed by atoms with Gasteiger partial charge in [0.2, 0.25) is 5.56 Å². The van der Waals surface area contributed by atoms with Gasteiger partial charge in [0.15, 0.2) is 0 Å². The zero-order valence-corrected chi connectivity index (χ0v) is 9.41. The molecule has 2 rings (SSSR count). The fraction of sp³-hybridized carbons (Fsp3) is 0.0833. The molecule has 2 aromatic rings. The topological polar surface area (TPSA) is 42.1 Å². The van der Waals surface area contributed by atoms with E-state index in [1.54, 1.807) is 37.6 Å². The van der Waals surface area contributed by atoms with Gasteiger partial charge in [-0.3, -0.25) is 4.79 Å². The van der Waals surface area contributed by atoms with E-state index in [1.807, 2.05) is 0 Å². The molecule has 16 heavy (non-hydrogen) atoms. The van der Waals surface area contributed by atoms with Gasteiger partial charge in [-0.25, -0.2) is 0 Å². The zero-order valence-electron chi connectivity index (χ0n) is 8.66. The molecular formula is C12H10ClNO2. The molecule has 0 bridgehead atoms. The Balaban J connectivity index is 2.62. The maximum absolute atomic E-state index is 11.2. The van der Waals surface area contributed by atoms with Crippen LogP contribution in [-0.2, 0) is 0 Å². The molecule has 3 nitrogen and oxygen atoms in total. The highest BCUT2D eigenvalue weighted by molar-refractivity contribution is 6.31. The fourth-order valence-corrected chi connectivity index (χ4v) is 1.69. The summed E-state index contributed by atoms with van der Waals surface area (Å²) in [6, 6.07) is 8.61. The lowest BCUT2D eigenvalue weighted by molar-refractivity contribution is 0.416. The summed E-state index contributed by atoms with van der Waals surface area (Å²) >= 11 is 5.92. The van der Waals surface area contributed by atoms with E-state index in [0.717, 1.165) is 11.1 Å². The predicted molar refractivity (Wildman–Crippen MR) is 64.1 cm³/mol. The molecule has 0 radical (unpaired) electrons. The van der Waals surface area contributed by atoms with Crippen LogP contribution in [0.4, 0.5) is 0 Å². The second-order valence-corrected chi connectivity index (χ2v) is 3.72. The molecule has 0 saturated heterocycles. The summed E-state index contributed by atoms with van der Waals surface area (Å²) in [4.78, 5) is 13.8. The van der Waals surface area contributed by atoms with E-state index in [1.165, 1.54) is 6.07 Å². The van der Waals surface area contributed by atoms with Crippen molar-refractivity contribution in [2.45, 2.75) is 0 Å². The molecule has 4 heteroatoms. The van der Waals surface area contributed by atoms with Crippen molar-refractivity contribution in [3.8, 4) is 16.9 Å². The van der Waals surface area contributed by atoms with Crippen molar-refractivity contribution in [3.63, 3.8) is 0 Å². The molecule has 82 valence electrons. The molecule has 0 amide bonds. The van der Waals surface area contributed by atoms with Crippen molar-refractivity contribution in [2.24, 2.45) is 0 Å². The van der Waals surface area contributed by atoms with Crippen LogP contribution in [0.25, 0.3) is 11.1 Å². The summed E-state index contributed by atoms with van der Waals surface area (Å²) < 4.78 is 5.22. The molecule has 1 heterocycles. The molecule has 0 unspecified atom stereocenters. The number of hydrogen-bond donors (Lipinski definition) is 1. The van der Waals surface area contributed by atoms with Crippen molar-refractivity contribution in [1.29, 1.82) is 0 Å². The Hall–Kier alpha value is -1.74. The normalized spacial score (nSPS) is 10.1. The highest BCUT2D eigenvalue weighted by Gasteiger charge is 2.06. The summed E-state index contributed by atoms with van der Waals surface area (Å²) in [5.74, 6) is 0.690. The smallest absolute Gasteiger partial charge is 0.248 e. The van der Waals surface area contributed by atoms with Gasteiger partial charge in [-0.15, -0.1) is 0 Å². The molecule has 1 N–H and O–H groups in total. The Labute approximate surface area is 97.7 Å². The fourth-order valence-electron chi connectivity index (χ4n) is 1.52. The van der Waals surface area contributed by atoms with Gasteiger partial charge in [-0.1, -0.05) is 11.6 Å². The predicted octanol–water partition coefficient (Wildman–Crippen LogP) is 2.70. The Morgan fingerprint density at radius 1 is 1.25 bits per heavy atom. The van der Waals surface area contributed by atoms with Crippen LogP contribution in [0.3, 0.4) is 0 Å². The molecule has 0 atom stereocenters. The number of nitrogens with one attached hydrogen (secondary N) is 1. The van der Waals surface area contributed by atoms with Crippen LogP contribution in [0.5, 0.6) is 5.75 Å². The third-order valence-electron chi connectivity index (χ3n) is 2.25. The van der Waals surface area contributed by atoms with Crippen LogP contribution in [0.1, 0.15) is 0 Å². The first-order chi connectivity index (χ1) is 7.70. The number of ether oxygens (including phenoxy) is 1. The van der Waals surface area contributed by atoms with Crippen LogP contribution < -0.4 is 10.3 Å². The first-order valence-corrected chi connectivity index (χ1v) is 5.11. The molecule has 1 aromatic heterocycles. The Morgan fingerprint density at radius 2 is 2.06 bits per heavy atom. The van der Waals surface area contributed by atoms with Gasteiger partial charge in [0.1, 0.15) is 5.75 Å². The van der Waals surface area contributed by atoms with Gasteiger partial charge < -0.3 is 9.72 Å². The van der Waals surface area contributed by atoms with E-state index in [0.29, 0.717) is 10.8 Å². The quantitative estimate of drug-likeness (QED) is 0.870. The summed E-state index contributed by atoms with van der Waals surface area (Å²) in [6.07, 6.45) is 1.60. The monoisotopic (exact) mass is 235 g/mol. The van der Waals surface area contributed by atoms with Crippen molar-refractivity contribution in [2.75, 3.05) is 7.11 Å². The Kier molecular flexibility index (Phi) is 2.97. The molecule has 0 spiro atoms. The molecular weight excluding hydrogens is 226 g/mol. The number of halogens is 1. The maximum atomic E-state index is 11.2. The SMILES string of the molecule is COc1ccc(Cl)cc1-c1cc[nH]c(=O)c1. The maximum Gasteiger partial charge on any atom is 0.248 e. The molecule has 0 fully saturated rings. The van der Waals surface area contributed by atoms with E-state index in [4.69, 9.17) is 16.3 Å². The van der Waals surface area contributed by atoms with Crippen molar-refractivity contribution >= 4 is 11.6 Å². The molecule has 0 saturated carbocycles. The van der Waals surface area contributed by atoms with Gasteiger partial charge in [-0.05, 0) is 29.8 Å². The third kappa shape index (κ3) is 2.09. The van der Waals surface area contributed by atoms with Crippen LogP contribution in [0.15, 0.2) is 41.3 Å². The van der Waals surface area contributed by atoms with Gasteiger partial charge in [0.25, 0.3) is 0 Å². The van der Waals surface area contributed by atoms with Gasteiger partial charge in [-0.2, -0.15) is 0 Å². The molecule has 0 aliphatic heterocycles. The van der Waals surface area contributed by atoms with E-state index in [9.17, 15) is 4.79 Å².